The second-order valence-electron chi connectivity index (χ2n) is 5.61. The van der Waals surface area contributed by atoms with E-state index < -0.39 is 10.0 Å². The van der Waals surface area contributed by atoms with E-state index in [9.17, 15) is 8.42 Å². The number of hydrogen-bond donors (Lipinski definition) is 2. The fourth-order valence-electron chi connectivity index (χ4n) is 2.73. The predicted molar refractivity (Wildman–Crippen MR) is 88.5 cm³/mol. The molecule has 2 N–H and O–H groups in total. The minimum atomic E-state index is -3.55. The Labute approximate surface area is 138 Å². The minimum Gasteiger partial charge on any atom is -0.316 e. The molecule has 1 saturated heterocycles. The predicted octanol–water partition coefficient (Wildman–Crippen LogP) is 1.95. The number of halogens is 1. The number of nitrogens with zero attached hydrogens (tertiary/aromatic N) is 1. The molecule has 1 fully saturated rings. The summed E-state index contributed by atoms with van der Waals surface area (Å²) < 4.78 is 27.8. The standard InChI is InChI=1S/C15H21N3O2S.ClH/c1-11-8-13(9-16)5-6-15(11)21(19,20)18-12(2)14-4-3-7-17-10-14;/h5-6,8,12,14,17-18H,3-4,7,10H2,1-2H3;1H. The summed E-state index contributed by atoms with van der Waals surface area (Å²) in [5, 5.41) is 12.1. The zero-order chi connectivity index (χ0) is 15.5. The maximum atomic E-state index is 12.5. The number of hydrogen-bond acceptors (Lipinski definition) is 4. The van der Waals surface area contributed by atoms with Gasteiger partial charge in [-0.05, 0) is 69.5 Å². The van der Waals surface area contributed by atoms with Crippen molar-refractivity contribution >= 4 is 22.4 Å². The first kappa shape index (κ1) is 18.9. The topological polar surface area (TPSA) is 82.0 Å². The Bertz CT molecular complexity index is 649. The third kappa shape index (κ3) is 4.43. The van der Waals surface area contributed by atoms with Crippen LogP contribution in [0, 0.1) is 24.2 Å². The fraction of sp³-hybridized carbons (Fsp3) is 0.533. The van der Waals surface area contributed by atoms with Gasteiger partial charge in [0.1, 0.15) is 0 Å². The molecule has 1 aromatic rings. The van der Waals surface area contributed by atoms with Gasteiger partial charge in [0.25, 0.3) is 0 Å². The van der Waals surface area contributed by atoms with Crippen LogP contribution >= 0.6 is 12.4 Å². The second-order valence-corrected chi connectivity index (χ2v) is 7.29. The van der Waals surface area contributed by atoms with Gasteiger partial charge in [0, 0.05) is 6.04 Å². The molecule has 2 atom stereocenters. The second kappa shape index (κ2) is 7.93. The summed E-state index contributed by atoms with van der Waals surface area (Å²) in [7, 11) is -3.55. The molecule has 1 heterocycles. The molecular formula is C15H22ClN3O2S. The van der Waals surface area contributed by atoms with Gasteiger partial charge in [-0.1, -0.05) is 0 Å². The number of sulfonamides is 1. The SMILES string of the molecule is Cc1cc(C#N)ccc1S(=O)(=O)NC(C)C1CCCNC1.Cl. The lowest BCUT2D eigenvalue weighted by Gasteiger charge is -2.28. The molecule has 5 nitrogen and oxygen atoms in total. The number of piperidine rings is 1. The van der Waals surface area contributed by atoms with Crippen molar-refractivity contribution in [2.24, 2.45) is 5.92 Å². The number of benzene rings is 1. The van der Waals surface area contributed by atoms with Gasteiger partial charge in [-0.25, -0.2) is 13.1 Å². The lowest BCUT2D eigenvalue weighted by molar-refractivity contribution is 0.320. The maximum absolute atomic E-state index is 12.5. The van der Waals surface area contributed by atoms with Crippen molar-refractivity contribution in [1.82, 2.24) is 10.0 Å². The van der Waals surface area contributed by atoms with Crippen LogP contribution < -0.4 is 10.0 Å². The van der Waals surface area contributed by atoms with Crippen molar-refractivity contribution in [1.29, 1.82) is 5.26 Å². The van der Waals surface area contributed by atoms with Gasteiger partial charge in [-0.15, -0.1) is 12.4 Å². The van der Waals surface area contributed by atoms with Crippen molar-refractivity contribution in [2.45, 2.75) is 37.6 Å². The van der Waals surface area contributed by atoms with Crippen LogP contribution in [-0.2, 0) is 10.0 Å². The number of aryl methyl sites for hydroxylation is 1. The third-order valence-corrected chi connectivity index (χ3v) is 5.70. The molecule has 0 spiro atoms. The van der Waals surface area contributed by atoms with Crippen LogP contribution in [0.5, 0.6) is 0 Å². The lowest BCUT2D eigenvalue weighted by Crippen LogP contribution is -2.44. The van der Waals surface area contributed by atoms with Crippen molar-refractivity contribution in [3.8, 4) is 6.07 Å². The van der Waals surface area contributed by atoms with E-state index in [0.717, 1.165) is 25.9 Å². The maximum Gasteiger partial charge on any atom is 0.241 e. The first-order chi connectivity index (χ1) is 9.94. The number of nitrogens with one attached hydrogen (secondary N) is 2. The highest BCUT2D eigenvalue weighted by atomic mass is 35.5. The molecule has 0 amide bonds. The molecule has 1 aliphatic rings. The monoisotopic (exact) mass is 343 g/mol. The summed E-state index contributed by atoms with van der Waals surface area (Å²) in [4.78, 5) is 0.247. The smallest absolute Gasteiger partial charge is 0.241 e. The van der Waals surface area contributed by atoms with Crippen LogP contribution in [0.1, 0.15) is 30.9 Å². The van der Waals surface area contributed by atoms with Crippen LogP contribution in [0.15, 0.2) is 23.1 Å². The van der Waals surface area contributed by atoms with Gasteiger partial charge in [-0.2, -0.15) is 5.26 Å². The summed E-state index contributed by atoms with van der Waals surface area (Å²) in [6, 6.07) is 6.54. The van der Waals surface area contributed by atoms with E-state index in [1.165, 1.54) is 12.1 Å². The Kier molecular flexibility index (Phi) is 6.82. The summed E-state index contributed by atoms with van der Waals surface area (Å²) in [5.41, 5.74) is 1.06. The Balaban J connectivity index is 0.00000242. The zero-order valence-corrected chi connectivity index (χ0v) is 14.4. The fourth-order valence-corrected chi connectivity index (χ4v) is 4.27. The van der Waals surface area contributed by atoms with Crippen molar-refractivity contribution in [2.75, 3.05) is 13.1 Å². The Morgan fingerprint density at radius 1 is 1.45 bits per heavy atom. The third-order valence-electron chi connectivity index (χ3n) is 3.98. The Hall–Kier alpha value is -1.13. The molecule has 7 heteroatoms. The number of nitriles is 1. The van der Waals surface area contributed by atoms with Crippen molar-refractivity contribution in [3.63, 3.8) is 0 Å². The lowest BCUT2D eigenvalue weighted by atomic mass is 9.94. The van der Waals surface area contributed by atoms with Gasteiger partial charge in [0.2, 0.25) is 10.0 Å². The molecule has 0 saturated carbocycles. The van der Waals surface area contributed by atoms with Crippen LogP contribution in [0.4, 0.5) is 0 Å². The Morgan fingerprint density at radius 2 is 2.18 bits per heavy atom. The van der Waals surface area contributed by atoms with Gasteiger partial charge in [0.15, 0.2) is 0 Å². The normalized spacial score (nSPS) is 19.8. The first-order valence-electron chi connectivity index (χ1n) is 7.18. The summed E-state index contributed by atoms with van der Waals surface area (Å²) in [6.45, 7) is 5.47. The molecule has 0 aromatic heterocycles. The highest BCUT2D eigenvalue weighted by molar-refractivity contribution is 7.89. The molecule has 0 aliphatic carbocycles. The van der Waals surface area contributed by atoms with E-state index in [2.05, 4.69) is 10.0 Å². The zero-order valence-electron chi connectivity index (χ0n) is 12.8. The highest BCUT2D eigenvalue weighted by Crippen LogP contribution is 2.20. The van der Waals surface area contributed by atoms with Gasteiger partial charge in [0.05, 0.1) is 16.5 Å². The molecule has 1 aromatic carbocycles. The van der Waals surface area contributed by atoms with E-state index >= 15 is 0 Å². The molecule has 2 unspecified atom stereocenters. The van der Waals surface area contributed by atoms with E-state index in [4.69, 9.17) is 5.26 Å². The van der Waals surface area contributed by atoms with Crippen LogP contribution in [-0.4, -0.2) is 27.5 Å². The molecule has 22 heavy (non-hydrogen) atoms. The highest BCUT2D eigenvalue weighted by Gasteiger charge is 2.25. The van der Waals surface area contributed by atoms with E-state index in [1.807, 2.05) is 13.0 Å². The van der Waals surface area contributed by atoms with Crippen LogP contribution in [0.3, 0.4) is 0 Å². The average molecular weight is 344 g/mol. The molecule has 2 rings (SSSR count). The first-order valence-corrected chi connectivity index (χ1v) is 8.66. The molecular weight excluding hydrogens is 322 g/mol. The summed E-state index contributed by atoms with van der Waals surface area (Å²) in [6.07, 6.45) is 2.11. The van der Waals surface area contributed by atoms with Gasteiger partial charge in [-0.3, -0.25) is 0 Å². The molecule has 0 radical (unpaired) electrons. The van der Waals surface area contributed by atoms with Gasteiger partial charge < -0.3 is 5.32 Å². The summed E-state index contributed by atoms with van der Waals surface area (Å²) in [5.74, 6) is 0.312. The van der Waals surface area contributed by atoms with Crippen LogP contribution in [0.25, 0.3) is 0 Å². The molecule has 122 valence electrons. The molecule has 0 bridgehead atoms. The van der Waals surface area contributed by atoms with E-state index in [0.29, 0.717) is 17.0 Å². The molecule has 1 aliphatic heterocycles. The van der Waals surface area contributed by atoms with Crippen molar-refractivity contribution in [3.05, 3.63) is 29.3 Å². The summed E-state index contributed by atoms with van der Waals surface area (Å²) >= 11 is 0. The average Bonchev–Trinajstić information content (AvgIpc) is 2.47. The van der Waals surface area contributed by atoms with E-state index in [-0.39, 0.29) is 23.3 Å². The minimum absolute atomic E-state index is 0. The Morgan fingerprint density at radius 3 is 2.73 bits per heavy atom. The van der Waals surface area contributed by atoms with E-state index in [1.54, 1.807) is 13.0 Å². The van der Waals surface area contributed by atoms with Crippen molar-refractivity contribution < 1.29 is 8.42 Å². The largest absolute Gasteiger partial charge is 0.316 e. The number of rotatable bonds is 4. The quantitative estimate of drug-likeness (QED) is 0.875. The van der Waals surface area contributed by atoms with Crippen LogP contribution in [0.2, 0.25) is 0 Å². The van der Waals surface area contributed by atoms with Gasteiger partial charge >= 0.3 is 0 Å².